The van der Waals surface area contributed by atoms with Gasteiger partial charge in [-0.25, -0.2) is 4.79 Å². The van der Waals surface area contributed by atoms with E-state index in [0.717, 1.165) is 5.56 Å². The number of rotatable bonds is 14. The fraction of sp³-hybridized carbons (Fsp3) is 0.538. The molecule has 0 unspecified atom stereocenters. The predicted octanol–water partition coefficient (Wildman–Crippen LogP) is 0.475. The first-order valence-corrected chi connectivity index (χ1v) is 12.8. The van der Waals surface area contributed by atoms with Gasteiger partial charge >= 0.3 is 18.0 Å². The minimum atomic E-state index is -1.48. The van der Waals surface area contributed by atoms with Crippen molar-refractivity contribution in [2.24, 2.45) is 16.9 Å². The summed E-state index contributed by atoms with van der Waals surface area (Å²) in [7, 11) is 0. The summed E-state index contributed by atoms with van der Waals surface area (Å²) < 4.78 is 15.9. The summed E-state index contributed by atoms with van der Waals surface area (Å²) in [5.74, 6) is -2.89. The van der Waals surface area contributed by atoms with Gasteiger partial charge in [0.25, 0.3) is 0 Å². The van der Waals surface area contributed by atoms with E-state index in [4.69, 9.17) is 25.7 Å². The first-order valence-electron chi connectivity index (χ1n) is 12.8. The highest BCUT2D eigenvalue weighted by molar-refractivity contribution is 6.13. The van der Waals surface area contributed by atoms with Gasteiger partial charge in [-0.3, -0.25) is 24.0 Å². The average molecular weight is 547 g/mol. The van der Waals surface area contributed by atoms with Gasteiger partial charge in [-0.2, -0.15) is 0 Å². The number of esters is 2. The number of anilines is 1. The highest BCUT2D eigenvalue weighted by Gasteiger charge is 2.55. The number of urea groups is 1. The molecule has 2 saturated carbocycles. The molecule has 1 aromatic carbocycles. The molecule has 0 radical (unpaired) electrons. The van der Waals surface area contributed by atoms with E-state index in [1.165, 1.54) is 0 Å². The number of nitrogens with one attached hydrogen (secondary N) is 2. The van der Waals surface area contributed by atoms with Crippen LogP contribution in [0.15, 0.2) is 24.3 Å². The van der Waals surface area contributed by atoms with Gasteiger partial charge in [-0.1, -0.05) is 12.1 Å². The van der Waals surface area contributed by atoms with Crippen LogP contribution in [0.1, 0.15) is 50.5 Å². The first kappa shape index (κ1) is 29.7. The third-order valence-corrected chi connectivity index (χ3v) is 6.70. The largest absolute Gasteiger partial charge is 0.462 e. The monoisotopic (exact) mass is 546 g/mol. The van der Waals surface area contributed by atoms with Crippen LogP contribution in [0.25, 0.3) is 0 Å². The molecule has 1 aromatic rings. The fourth-order valence-electron chi connectivity index (χ4n) is 4.17. The summed E-state index contributed by atoms with van der Waals surface area (Å²) in [6.45, 7) is 0.546. The number of nitrogens with two attached hydrogens (primary N) is 2. The molecule has 212 valence electrons. The number of ether oxygens (including phenoxy) is 3. The Bertz CT molecular complexity index is 1070. The van der Waals surface area contributed by atoms with Crippen molar-refractivity contribution < 1.29 is 43.0 Å². The molecule has 3 rings (SSSR count). The molecule has 1 atom stereocenters. The lowest BCUT2D eigenvalue weighted by atomic mass is 9.68. The number of hydrogen-bond acceptors (Lipinski definition) is 10. The van der Waals surface area contributed by atoms with Crippen LogP contribution in [0.4, 0.5) is 10.5 Å². The lowest BCUT2D eigenvalue weighted by Crippen LogP contribution is -2.49. The minimum Gasteiger partial charge on any atom is -0.462 e. The number of amides is 3. The molecular weight excluding hydrogens is 512 g/mol. The molecule has 0 spiro atoms. The van der Waals surface area contributed by atoms with Gasteiger partial charge in [-0.15, -0.1) is 0 Å². The van der Waals surface area contributed by atoms with Gasteiger partial charge in [-0.05, 0) is 49.8 Å². The Kier molecular flexibility index (Phi) is 10.5. The predicted molar refractivity (Wildman–Crippen MR) is 136 cm³/mol. The Balaban J connectivity index is 1.35. The normalized spacial score (nSPS) is 17.2. The van der Waals surface area contributed by atoms with Crippen LogP contribution in [-0.2, 0) is 44.8 Å². The van der Waals surface area contributed by atoms with E-state index in [2.05, 4.69) is 10.6 Å². The maximum absolute atomic E-state index is 12.6. The highest BCUT2D eigenvalue weighted by Crippen LogP contribution is 2.43. The Hall–Kier alpha value is -3.84. The number of carbonyl (C=O) groups is 6. The molecular formula is C26H34N4O9. The zero-order valence-electron chi connectivity index (χ0n) is 21.6. The molecule has 0 aromatic heterocycles. The number of Topliss-reactive ketones (excluding diaryl/α,β-unsaturated/α-hetero) is 2. The van der Waals surface area contributed by atoms with E-state index in [1.807, 2.05) is 0 Å². The Morgan fingerprint density at radius 3 is 2.26 bits per heavy atom. The molecule has 2 aliphatic rings. The van der Waals surface area contributed by atoms with E-state index >= 15 is 0 Å². The van der Waals surface area contributed by atoms with Crippen LogP contribution in [0.2, 0.25) is 0 Å². The number of hydrogen-bond donors (Lipinski definition) is 4. The number of primary amides is 1. The third kappa shape index (κ3) is 8.07. The molecule has 0 heterocycles. The molecule has 3 amide bonds. The summed E-state index contributed by atoms with van der Waals surface area (Å²) in [5, 5.41) is 5.15. The van der Waals surface area contributed by atoms with Crippen LogP contribution >= 0.6 is 0 Å². The van der Waals surface area contributed by atoms with Gasteiger partial charge in [0.2, 0.25) is 12.0 Å². The van der Waals surface area contributed by atoms with Crippen molar-refractivity contribution in [3.63, 3.8) is 0 Å². The quantitative estimate of drug-likeness (QED) is 0.144. The van der Waals surface area contributed by atoms with E-state index in [1.54, 1.807) is 24.3 Å². The second-order valence-electron chi connectivity index (χ2n) is 9.57. The molecule has 0 aliphatic heterocycles. The Morgan fingerprint density at radius 2 is 1.67 bits per heavy atom. The van der Waals surface area contributed by atoms with Crippen LogP contribution in [0.3, 0.4) is 0 Å². The van der Waals surface area contributed by atoms with E-state index in [-0.39, 0.29) is 51.4 Å². The zero-order chi connectivity index (χ0) is 28.4. The van der Waals surface area contributed by atoms with E-state index in [9.17, 15) is 28.8 Å². The molecule has 39 heavy (non-hydrogen) atoms. The van der Waals surface area contributed by atoms with Crippen LogP contribution in [-0.4, -0.2) is 67.3 Å². The lowest BCUT2D eigenvalue weighted by Gasteiger charge is -2.36. The number of benzene rings is 1. The van der Waals surface area contributed by atoms with Crippen molar-refractivity contribution >= 4 is 41.1 Å². The SMILES string of the molecule is NC(=O)NCCC[C@H](N)C(=O)Nc1ccc(COCCOC(=O)C2(C(=O)OC3C(=O)CCC3=O)CCC2)cc1. The smallest absolute Gasteiger partial charge is 0.324 e. The minimum absolute atomic E-state index is 0.0377. The molecule has 0 bridgehead atoms. The Morgan fingerprint density at radius 1 is 1.00 bits per heavy atom. The first-order chi connectivity index (χ1) is 18.6. The van der Waals surface area contributed by atoms with E-state index < -0.39 is 47.1 Å². The van der Waals surface area contributed by atoms with Crippen LogP contribution < -0.4 is 22.1 Å². The Labute approximate surface area is 225 Å². The summed E-state index contributed by atoms with van der Waals surface area (Å²) in [6, 6.07) is 5.55. The average Bonchev–Trinajstić information content (AvgIpc) is 3.18. The summed E-state index contributed by atoms with van der Waals surface area (Å²) >= 11 is 0. The van der Waals surface area contributed by atoms with Crippen molar-refractivity contribution in [3.8, 4) is 0 Å². The maximum Gasteiger partial charge on any atom is 0.324 e. The van der Waals surface area contributed by atoms with Crippen molar-refractivity contribution in [1.82, 2.24) is 5.32 Å². The highest BCUT2D eigenvalue weighted by atomic mass is 16.6. The lowest BCUT2D eigenvalue weighted by molar-refractivity contribution is -0.185. The van der Waals surface area contributed by atoms with Gasteiger partial charge < -0.3 is 36.3 Å². The third-order valence-electron chi connectivity index (χ3n) is 6.70. The van der Waals surface area contributed by atoms with Crippen molar-refractivity contribution in [2.75, 3.05) is 25.1 Å². The van der Waals surface area contributed by atoms with Crippen LogP contribution in [0, 0.1) is 5.41 Å². The number of carbonyl (C=O) groups excluding carboxylic acids is 6. The maximum atomic E-state index is 12.6. The molecule has 13 heteroatoms. The summed E-state index contributed by atoms with van der Waals surface area (Å²) in [5.41, 5.74) is 10.7. The summed E-state index contributed by atoms with van der Waals surface area (Å²) in [6.07, 6.45) is 0.652. The topological polar surface area (TPSA) is 206 Å². The molecule has 13 nitrogen and oxygen atoms in total. The fourth-order valence-corrected chi connectivity index (χ4v) is 4.17. The molecule has 0 saturated heterocycles. The molecule has 2 fully saturated rings. The van der Waals surface area contributed by atoms with Gasteiger partial charge in [0.1, 0.15) is 6.61 Å². The van der Waals surface area contributed by atoms with Crippen molar-refractivity contribution in [3.05, 3.63) is 29.8 Å². The van der Waals surface area contributed by atoms with Crippen LogP contribution in [0.5, 0.6) is 0 Å². The van der Waals surface area contributed by atoms with Crippen molar-refractivity contribution in [1.29, 1.82) is 0 Å². The zero-order valence-corrected chi connectivity index (χ0v) is 21.6. The standard InChI is InChI=1S/C26H34N4O9/c27-18(3-1-12-29-25(28)36)22(33)30-17-6-4-16(5-7-17)15-37-13-14-38-23(34)26(10-2-11-26)24(35)39-21-19(31)8-9-20(21)32/h4-7,18,21H,1-3,8-15,27H2,(H,30,33)(H3,28,29,36)/t18-/m0/s1. The van der Waals surface area contributed by atoms with Gasteiger partial charge in [0, 0.05) is 25.1 Å². The van der Waals surface area contributed by atoms with Crippen molar-refractivity contribution in [2.45, 2.75) is 63.7 Å². The second-order valence-corrected chi connectivity index (χ2v) is 9.57. The summed E-state index contributed by atoms with van der Waals surface area (Å²) in [4.78, 5) is 71.6. The van der Waals surface area contributed by atoms with E-state index in [0.29, 0.717) is 31.5 Å². The number of ketones is 2. The molecule has 2 aliphatic carbocycles. The van der Waals surface area contributed by atoms with Gasteiger partial charge in [0.15, 0.2) is 17.0 Å². The van der Waals surface area contributed by atoms with Gasteiger partial charge in [0.05, 0.1) is 19.3 Å². The second kappa shape index (κ2) is 13.8. The molecule has 6 N–H and O–H groups in total.